The van der Waals surface area contributed by atoms with Crippen molar-refractivity contribution in [3.63, 3.8) is 0 Å². The number of carbonyl (C=O) groups is 2. The average Bonchev–Trinajstić information content (AvgIpc) is 3.14. The maximum atomic E-state index is 13.4. The number of benzene rings is 2. The van der Waals surface area contributed by atoms with E-state index >= 15 is 0 Å². The third-order valence-corrected chi connectivity index (χ3v) is 5.46. The highest BCUT2D eigenvalue weighted by atomic mass is 32.2. The number of aromatic nitrogens is 1. The van der Waals surface area contributed by atoms with Crippen LogP contribution in [0.2, 0.25) is 0 Å². The molecule has 0 bridgehead atoms. The zero-order valence-electron chi connectivity index (χ0n) is 16.8. The van der Waals surface area contributed by atoms with Crippen LogP contribution in [0, 0.1) is 18.6 Å². The zero-order chi connectivity index (χ0) is 23.5. The Kier molecular flexibility index (Phi) is 6.53. The van der Waals surface area contributed by atoms with E-state index in [2.05, 4.69) is 15.2 Å². The smallest absolute Gasteiger partial charge is 0.338 e. The summed E-state index contributed by atoms with van der Waals surface area (Å²) in [4.78, 5) is 24.0. The molecular formula is C20H17F2N3O6S. The summed E-state index contributed by atoms with van der Waals surface area (Å²) >= 11 is 0. The van der Waals surface area contributed by atoms with Crippen LogP contribution in [0.5, 0.6) is 0 Å². The van der Waals surface area contributed by atoms with Gasteiger partial charge in [0.05, 0.1) is 10.5 Å². The number of esters is 1. The maximum Gasteiger partial charge on any atom is 0.338 e. The van der Waals surface area contributed by atoms with Crippen LogP contribution in [0.1, 0.15) is 23.0 Å². The standard InChI is InChI=1S/C20H17F2N3O6S/c1-11-8-18(24-31-11)23-19(26)12(2)30-20(27)13-4-3-5-14(9-13)25-32(28,29)15-6-7-16(21)17(22)10-15/h3-10,12,25H,1-2H3,(H,23,24,26)/t12-/m1/s1. The van der Waals surface area contributed by atoms with E-state index < -0.39 is 44.5 Å². The minimum absolute atomic E-state index is 0.0284. The number of ether oxygens (including phenoxy) is 1. The highest BCUT2D eigenvalue weighted by Gasteiger charge is 2.21. The summed E-state index contributed by atoms with van der Waals surface area (Å²) in [5.41, 5.74) is -0.0771. The molecule has 3 rings (SSSR count). The Balaban J connectivity index is 1.68. The number of amides is 1. The van der Waals surface area contributed by atoms with Crippen LogP contribution < -0.4 is 10.0 Å². The summed E-state index contributed by atoms with van der Waals surface area (Å²) < 4.78 is 63.3. The van der Waals surface area contributed by atoms with Crippen LogP contribution in [0.4, 0.5) is 20.3 Å². The Hall–Kier alpha value is -3.80. The number of halogens is 2. The van der Waals surface area contributed by atoms with Crippen molar-refractivity contribution in [2.45, 2.75) is 24.8 Å². The Morgan fingerprint density at radius 3 is 2.50 bits per heavy atom. The van der Waals surface area contributed by atoms with Crippen molar-refractivity contribution in [1.29, 1.82) is 0 Å². The van der Waals surface area contributed by atoms with E-state index in [4.69, 9.17) is 9.26 Å². The Morgan fingerprint density at radius 1 is 1.09 bits per heavy atom. The summed E-state index contributed by atoms with van der Waals surface area (Å²) in [6.07, 6.45) is -1.19. The molecule has 1 heterocycles. The fraction of sp³-hybridized carbons (Fsp3) is 0.150. The summed E-state index contributed by atoms with van der Waals surface area (Å²) in [6.45, 7) is 2.98. The van der Waals surface area contributed by atoms with Gasteiger partial charge in [0, 0.05) is 11.8 Å². The highest BCUT2D eigenvalue weighted by Crippen LogP contribution is 2.20. The Morgan fingerprint density at radius 2 is 1.84 bits per heavy atom. The van der Waals surface area contributed by atoms with Crippen LogP contribution >= 0.6 is 0 Å². The van der Waals surface area contributed by atoms with Gasteiger partial charge in [0.1, 0.15) is 5.76 Å². The second-order valence-corrected chi connectivity index (χ2v) is 8.30. The van der Waals surface area contributed by atoms with Gasteiger partial charge in [0.2, 0.25) is 0 Å². The summed E-state index contributed by atoms with van der Waals surface area (Å²) in [6, 6.07) is 8.84. The predicted molar refractivity (Wildman–Crippen MR) is 108 cm³/mol. The number of hydrogen-bond donors (Lipinski definition) is 2. The molecule has 12 heteroatoms. The second-order valence-electron chi connectivity index (χ2n) is 6.62. The number of nitrogens with one attached hydrogen (secondary N) is 2. The van der Waals surface area contributed by atoms with Crippen molar-refractivity contribution in [3.8, 4) is 0 Å². The molecule has 3 aromatic rings. The zero-order valence-corrected chi connectivity index (χ0v) is 17.6. The molecule has 0 aliphatic heterocycles. The molecule has 168 valence electrons. The largest absolute Gasteiger partial charge is 0.449 e. The van der Waals surface area contributed by atoms with Crippen molar-refractivity contribution in [2.75, 3.05) is 10.0 Å². The van der Waals surface area contributed by atoms with E-state index in [1.165, 1.54) is 37.3 Å². The van der Waals surface area contributed by atoms with Gasteiger partial charge in [-0.3, -0.25) is 9.52 Å². The lowest BCUT2D eigenvalue weighted by Gasteiger charge is -2.13. The molecule has 32 heavy (non-hydrogen) atoms. The average molecular weight is 465 g/mol. The first-order valence-electron chi connectivity index (χ1n) is 9.08. The lowest BCUT2D eigenvalue weighted by molar-refractivity contribution is -0.123. The number of rotatable bonds is 7. The van der Waals surface area contributed by atoms with E-state index in [0.29, 0.717) is 17.9 Å². The second kappa shape index (κ2) is 9.14. The molecular weight excluding hydrogens is 448 g/mol. The van der Waals surface area contributed by atoms with Gasteiger partial charge in [-0.1, -0.05) is 11.2 Å². The lowest BCUT2D eigenvalue weighted by Crippen LogP contribution is -2.30. The number of carbonyl (C=O) groups excluding carboxylic acids is 2. The van der Waals surface area contributed by atoms with Crippen molar-refractivity contribution in [3.05, 3.63) is 71.5 Å². The first-order chi connectivity index (χ1) is 15.0. The van der Waals surface area contributed by atoms with Crippen LogP contribution in [-0.2, 0) is 19.6 Å². The van der Waals surface area contributed by atoms with E-state index in [-0.39, 0.29) is 17.1 Å². The van der Waals surface area contributed by atoms with Gasteiger partial charge >= 0.3 is 5.97 Å². The third kappa shape index (κ3) is 5.46. The molecule has 1 aromatic heterocycles. The predicted octanol–water partition coefficient (Wildman–Crippen LogP) is 3.25. The molecule has 2 aromatic carbocycles. The molecule has 2 N–H and O–H groups in total. The number of anilines is 2. The lowest BCUT2D eigenvalue weighted by atomic mass is 10.2. The molecule has 0 saturated carbocycles. The highest BCUT2D eigenvalue weighted by molar-refractivity contribution is 7.92. The van der Waals surface area contributed by atoms with E-state index in [1.54, 1.807) is 6.92 Å². The fourth-order valence-electron chi connectivity index (χ4n) is 2.50. The molecule has 0 unspecified atom stereocenters. The molecule has 0 fully saturated rings. The minimum atomic E-state index is -4.25. The van der Waals surface area contributed by atoms with Crippen molar-refractivity contribution in [2.24, 2.45) is 0 Å². The van der Waals surface area contributed by atoms with E-state index in [0.717, 1.165) is 6.07 Å². The van der Waals surface area contributed by atoms with Gasteiger partial charge in [-0.2, -0.15) is 0 Å². The molecule has 0 radical (unpaired) electrons. The molecule has 0 saturated heterocycles. The van der Waals surface area contributed by atoms with Crippen LogP contribution in [0.25, 0.3) is 0 Å². The molecule has 0 spiro atoms. The first kappa shape index (κ1) is 22.9. The van der Waals surface area contributed by atoms with Crippen LogP contribution in [-0.4, -0.2) is 31.6 Å². The number of aryl methyl sites for hydroxylation is 1. The Labute approximate surface area is 181 Å². The van der Waals surface area contributed by atoms with Crippen LogP contribution in [0.3, 0.4) is 0 Å². The van der Waals surface area contributed by atoms with Gasteiger partial charge in [-0.15, -0.1) is 0 Å². The SMILES string of the molecule is Cc1cc(NC(=O)[C@@H](C)OC(=O)c2cccc(NS(=O)(=O)c3ccc(F)c(F)c3)c2)no1. The summed E-state index contributed by atoms with van der Waals surface area (Å²) in [5, 5.41) is 6.02. The Bertz CT molecular complexity index is 1280. The minimum Gasteiger partial charge on any atom is -0.449 e. The number of sulfonamides is 1. The molecule has 0 aliphatic carbocycles. The maximum absolute atomic E-state index is 13.4. The third-order valence-electron chi connectivity index (χ3n) is 4.08. The normalized spacial score (nSPS) is 12.1. The molecule has 0 aliphatic rings. The molecule has 9 nitrogen and oxygen atoms in total. The van der Waals surface area contributed by atoms with Gasteiger partial charge < -0.3 is 14.6 Å². The quantitative estimate of drug-likeness (QED) is 0.513. The fourth-order valence-corrected chi connectivity index (χ4v) is 3.56. The van der Waals surface area contributed by atoms with Gasteiger partial charge in [0.25, 0.3) is 15.9 Å². The van der Waals surface area contributed by atoms with Crippen molar-refractivity contribution >= 4 is 33.4 Å². The van der Waals surface area contributed by atoms with E-state index in [1.807, 2.05) is 0 Å². The van der Waals surface area contributed by atoms with Gasteiger partial charge in [-0.05, 0) is 50.2 Å². The molecule has 1 amide bonds. The molecule has 1 atom stereocenters. The topological polar surface area (TPSA) is 128 Å². The van der Waals surface area contributed by atoms with E-state index in [9.17, 15) is 26.8 Å². The van der Waals surface area contributed by atoms with Crippen molar-refractivity contribution in [1.82, 2.24) is 5.16 Å². The van der Waals surface area contributed by atoms with Crippen molar-refractivity contribution < 1.29 is 36.0 Å². The van der Waals surface area contributed by atoms with Gasteiger partial charge in [0.15, 0.2) is 23.6 Å². The van der Waals surface area contributed by atoms with Crippen LogP contribution in [0.15, 0.2) is 57.9 Å². The number of hydrogen-bond acceptors (Lipinski definition) is 7. The monoisotopic (exact) mass is 465 g/mol. The summed E-state index contributed by atoms with van der Waals surface area (Å²) in [5.74, 6) is -3.42. The summed E-state index contributed by atoms with van der Waals surface area (Å²) in [7, 11) is -4.25. The first-order valence-corrected chi connectivity index (χ1v) is 10.6. The number of nitrogens with zero attached hydrogens (tertiary/aromatic N) is 1. The van der Waals surface area contributed by atoms with Gasteiger partial charge in [-0.25, -0.2) is 22.0 Å².